The molecule has 5 rings (SSSR count). The van der Waals surface area contributed by atoms with Crippen LogP contribution in [0.25, 0.3) is 5.70 Å². The standard InChI is InChI=1S/C33H41F2N5/c34-29-21-28(22-30(35)33(29)39-19-14-25(15-20-39)24-7-2-1-3-8-24)40-18-6-9-32(40)27-12-10-26(11-13-27)31(37)23-38-17-5-4-16-36/h1-3,7-8,10-13,21-23,25,32,38H,4-6,9,14-20,36-37H2/b31-23-. The molecule has 0 spiro atoms. The van der Waals surface area contributed by atoms with Crippen LogP contribution in [-0.2, 0) is 0 Å². The molecule has 0 aromatic heterocycles. The molecule has 7 heteroatoms. The molecule has 0 saturated carbocycles. The number of benzene rings is 3. The zero-order valence-corrected chi connectivity index (χ0v) is 23.2. The van der Waals surface area contributed by atoms with E-state index in [4.69, 9.17) is 11.5 Å². The zero-order chi connectivity index (χ0) is 27.9. The van der Waals surface area contributed by atoms with Gasteiger partial charge in [0.15, 0.2) is 11.6 Å². The van der Waals surface area contributed by atoms with Crippen LogP contribution in [0.15, 0.2) is 72.9 Å². The summed E-state index contributed by atoms with van der Waals surface area (Å²) in [4.78, 5) is 4.00. The number of anilines is 2. The SMILES string of the molecule is NCCCCN/C=C(\N)c1ccc(C2CCCN2c2cc(F)c(N3CCC(c4ccccc4)CC3)c(F)c2)cc1. The summed E-state index contributed by atoms with van der Waals surface area (Å²) in [6.07, 6.45) is 7.51. The quantitative estimate of drug-likeness (QED) is 0.262. The molecule has 1 unspecified atom stereocenters. The van der Waals surface area contributed by atoms with E-state index in [1.807, 2.05) is 29.3 Å². The van der Waals surface area contributed by atoms with Gasteiger partial charge in [0.05, 0.1) is 11.7 Å². The third-order valence-corrected chi connectivity index (χ3v) is 8.33. The van der Waals surface area contributed by atoms with E-state index in [1.54, 1.807) is 0 Å². The monoisotopic (exact) mass is 545 g/mol. The Labute approximate surface area is 236 Å². The van der Waals surface area contributed by atoms with E-state index in [1.165, 1.54) is 17.7 Å². The predicted molar refractivity (Wildman–Crippen MR) is 161 cm³/mol. The Morgan fingerprint density at radius 2 is 1.57 bits per heavy atom. The summed E-state index contributed by atoms with van der Waals surface area (Å²) in [5, 5.41) is 3.24. The first-order chi connectivity index (χ1) is 19.5. The summed E-state index contributed by atoms with van der Waals surface area (Å²) in [5.41, 5.74) is 16.5. The van der Waals surface area contributed by atoms with Crippen molar-refractivity contribution in [2.24, 2.45) is 11.5 Å². The Morgan fingerprint density at radius 3 is 2.25 bits per heavy atom. The molecule has 3 aromatic rings. The average Bonchev–Trinajstić information content (AvgIpc) is 3.48. The molecule has 2 aliphatic heterocycles. The van der Waals surface area contributed by atoms with Crippen molar-refractivity contribution >= 4 is 17.1 Å². The van der Waals surface area contributed by atoms with Crippen LogP contribution >= 0.6 is 0 Å². The van der Waals surface area contributed by atoms with Crippen LogP contribution in [0.2, 0.25) is 0 Å². The van der Waals surface area contributed by atoms with Crippen LogP contribution in [0.4, 0.5) is 20.2 Å². The minimum absolute atomic E-state index is 0.0694. The fourth-order valence-electron chi connectivity index (χ4n) is 6.14. The van der Waals surface area contributed by atoms with Gasteiger partial charge in [-0.25, -0.2) is 8.78 Å². The summed E-state index contributed by atoms with van der Waals surface area (Å²) >= 11 is 0. The second kappa shape index (κ2) is 13.2. The van der Waals surface area contributed by atoms with Gasteiger partial charge in [0.2, 0.25) is 0 Å². The normalized spacial score (nSPS) is 18.4. The number of nitrogens with two attached hydrogens (primary N) is 2. The number of nitrogens with one attached hydrogen (secondary N) is 1. The van der Waals surface area contributed by atoms with Gasteiger partial charge in [-0.3, -0.25) is 0 Å². The van der Waals surface area contributed by atoms with E-state index in [9.17, 15) is 0 Å². The topological polar surface area (TPSA) is 70.5 Å². The van der Waals surface area contributed by atoms with Gasteiger partial charge in [-0.15, -0.1) is 0 Å². The molecule has 2 fully saturated rings. The highest BCUT2D eigenvalue weighted by molar-refractivity contribution is 5.63. The molecule has 0 aliphatic carbocycles. The summed E-state index contributed by atoms with van der Waals surface area (Å²) in [7, 11) is 0. The predicted octanol–water partition coefficient (Wildman–Crippen LogP) is 6.28. The lowest BCUT2D eigenvalue weighted by Crippen LogP contribution is -2.34. The summed E-state index contributed by atoms with van der Waals surface area (Å²) in [6, 6.07) is 21.7. The molecule has 3 aromatic carbocycles. The van der Waals surface area contributed by atoms with Crippen LogP contribution in [0.3, 0.4) is 0 Å². The molecule has 2 heterocycles. The van der Waals surface area contributed by atoms with E-state index in [0.29, 0.717) is 36.9 Å². The third-order valence-electron chi connectivity index (χ3n) is 8.33. The van der Waals surface area contributed by atoms with E-state index in [-0.39, 0.29) is 11.7 Å². The van der Waals surface area contributed by atoms with Crippen LogP contribution in [0.5, 0.6) is 0 Å². The lowest BCUT2D eigenvalue weighted by Gasteiger charge is -2.35. The van der Waals surface area contributed by atoms with Gasteiger partial charge < -0.3 is 26.6 Å². The second-order valence-corrected chi connectivity index (χ2v) is 11.0. The Bertz CT molecular complexity index is 1250. The maximum Gasteiger partial charge on any atom is 0.151 e. The molecule has 212 valence electrons. The Kier molecular flexibility index (Phi) is 9.22. The molecule has 0 radical (unpaired) electrons. The minimum atomic E-state index is -0.481. The lowest BCUT2D eigenvalue weighted by molar-refractivity contribution is 0.486. The number of unbranched alkanes of at least 4 members (excludes halogenated alkanes) is 1. The van der Waals surface area contributed by atoms with Gasteiger partial charge in [-0.05, 0) is 79.8 Å². The smallest absolute Gasteiger partial charge is 0.151 e. The summed E-state index contributed by atoms with van der Waals surface area (Å²) in [6.45, 7) is 3.59. The number of piperidine rings is 1. The molecular weight excluding hydrogens is 504 g/mol. The van der Waals surface area contributed by atoms with Crippen LogP contribution in [0.1, 0.15) is 67.2 Å². The van der Waals surface area contributed by atoms with E-state index < -0.39 is 11.6 Å². The van der Waals surface area contributed by atoms with Crippen molar-refractivity contribution in [3.05, 3.63) is 101 Å². The largest absolute Gasteiger partial charge is 0.397 e. The number of halogens is 2. The summed E-state index contributed by atoms with van der Waals surface area (Å²) < 4.78 is 30.9. The minimum Gasteiger partial charge on any atom is -0.397 e. The lowest BCUT2D eigenvalue weighted by atomic mass is 9.89. The molecule has 1 atom stereocenters. The van der Waals surface area contributed by atoms with Gasteiger partial charge in [0, 0.05) is 38.1 Å². The zero-order valence-electron chi connectivity index (χ0n) is 23.2. The highest BCUT2D eigenvalue weighted by atomic mass is 19.1. The fourth-order valence-corrected chi connectivity index (χ4v) is 6.14. The third kappa shape index (κ3) is 6.41. The summed E-state index contributed by atoms with van der Waals surface area (Å²) in [5.74, 6) is -0.528. The van der Waals surface area contributed by atoms with Crippen molar-refractivity contribution < 1.29 is 8.78 Å². The first-order valence-electron chi connectivity index (χ1n) is 14.6. The first-order valence-corrected chi connectivity index (χ1v) is 14.6. The maximum atomic E-state index is 15.5. The number of rotatable bonds is 10. The van der Waals surface area contributed by atoms with Gasteiger partial charge in [0.1, 0.15) is 5.69 Å². The highest BCUT2D eigenvalue weighted by Crippen LogP contribution is 2.40. The van der Waals surface area contributed by atoms with Gasteiger partial charge in [0.25, 0.3) is 0 Å². The molecule has 0 bridgehead atoms. The van der Waals surface area contributed by atoms with E-state index in [0.717, 1.165) is 62.7 Å². The van der Waals surface area contributed by atoms with Gasteiger partial charge in [-0.1, -0.05) is 54.6 Å². The van der Waals surface area contributed by atoms with Crippen molar-refractivity contribution in [2.45, 2.75) is 50.5 Å². The maximum absolute atomic E-state index is 15.5. The van der Waals surface area contributed by atoms with E-state index in [2.05, 4.69) is 46.6 Å². The molecule has 0 amide bonds. The Morgan fingerprint density at radius 1 is 0.875 bits per heavy atom. The highest BCUT2D eigenvalue weighted by Gasteiger charge is 2.30. The molecule has 2 saturated heterocycles. The first kappa shape index (κ1) is 28.0. The van der Waals surface area contributed by atoms with Crippen LogP contribution in [-0.4, -0.2) is 32.7 Å². The molecular formula is C33H41F2N5. The molecule has 5 N–H and O–H groups in total. The molecule has 40 heavy (non-hydrogen) atoms. The van der Waals surface area contributed by atoms with E-state index >= 15 is 8.78 Å². The van der Waals surface area contributed by atoms with Crippen molar-refractivity contribution in [3.8, 4) is 0 Å². The number of hydrogen-bond donors (Lipinski definition) is 3. The fraction of sp³-hybridized carbons (Fsp3) is 0.394. The average molecular weight is 546 g/mol. The van der Waals surface area contributed by atoms with Crippen molar-refractivity contribution in [1.29, 1.82) is 0 Å². The van der Waals surface area contributed by atoms with Gasteiger partial charge in [-0.2, -0.15) is 0 Å². The Balaban J connectivity index is 1.25. The number of nitrogens with zero attached hydrogens (tertiary/aromatic N) is 2. The molecule has 2 aliphatic rings. The Hall–Kier alpha value is -3.58. The molecule has 5 nitrogen and oxygen atoms in total. The second-order valence-electron chi connectivity index (χ2n) is 11.0. The van der Waals surface area contributed by atoms with Crippen molar-refractivity contribution in [1.82, 2.24) is 5.32 Å². The number of hydrogen-bond acceptors (Lipinski definition) is 5. The van der Waals surface area contributed by atoms with Crippen molar-refractivity contribution in [3.63, 3.8) is 0 Å². The van der Waals surface area contributed by atoms with Gasteiger partial charge >= 0.3 is 0 Å². The van der Waals surface area contributed by atoms with Crippen LogP contribution < -0.4 is 26.6 Å². The van der Waals surface area contributed by atoms with Crippen molar-refractivity contribution in [2.75, 3.05) is 42.5 Å². The van der Waals surface area contributed by atoms with Crippen LogP contribution in [0, 0.1) is 11.6 Å².